The van der Waals surface area contributed by atoms with Crippen LogP contribution in [-0.2, 0) is 17.9 Å². The molecule has 1 aromatic heterocycles. The Kier molecular flexibility index (Phi) is 6.26. The summed E-state index contributed by atoms with van der Waals surface area (Å²) in [5.41, 5.74) is 6.91. The van der Waals surface area contributed by atoms with Gasteiger partial charge in [0.05, 0.1) is 18.8 Å². The number of guanidine groups is 1. The number of nitrogens with zero attached hydrogens (tertiary/aromatic N) is 2. The highest BCUT2D eigenvalue weighted by Crippen LogP contribution is 2.17. The van der Waals surface area contributed by atoms with E-state index < -0.39 is 0 Å². The molecule has 0 aliphatic heterocycles. The molecule has 0 unspecified atom stereocenters. The van der Waals surface area contributed by atoms with Gasteiger partial charge in [0, 0.05) is 18.5 Å². The lowest BCUT2D eigenvalue weighted by Gasteiger charge is -2.16. The second kappa shape index (κ2) is 8.21. The van der Waals surface area contributed by atoms with Gasteiger partial charge in [0.15, 0.2) is 5.96 Å². The van der Waals surface area contributed by atoms with Gasteiger partial charge in [0.2, 0.25) is 0 Å². The Labute approximate surface area is 124 Å². The third-order valence-electron chi connectivity index (χ3n) is 3.49. The molecule has 1 fully saturated rings. The third-order valence-corrected chi connectivity index (χ3v) is 4.36. The Bertz CT molecular complexity index is 425. The first-order valence-electron chi connectivity index (χ1n) is 7.26. The maximum atomic E-state index is 5.96. The number of hydrogen-bond acceptors (Lipinski definition) is 4. The first kappa shape index (κ1) is 15.3. The van der Waals surface area contributed by atoms with Crippen LogP contribution in [0.4, 0.5) is 0 Å². The van der Waals surface area contributed by atoms with Gasteiger partial charge in [-0.1, -0.05) is 25.7 Å². The summed E-state index contributed by atoms with van der Waals surface area (Å²) in [4.78, 5) is 8.82. The minimum absolute atomic E-state index is 0.487. The third kappa shape index (κ3) is 5.09. The van der Waals surface area contributed by atoms with Gasteiger partial charge in [0.1, 0.15) is 5.01 Å². The molecule has 112 valence electrons. The molecule has 2 rings (SSSR count). The Hall–Kier alpha value is -1.14. The van der Waals surface area contributed by atoms with E-state index in [1.54, 1.807) is 18.4 Å². The molecule has 1 heterocycles. The smallest absolute Gasteiger partial charge is 0.189 e. The lowest BCUT2D eigenvalue weighted by atomic mass is 10.1. The van der Waals surface area contributed by atoms with Gasteiger partial charge in [-0.3, -0.25) is 0 Å². The molecule has 3 N–H and O–H groups in total. The maximum absolute atomic E-state index is 5.96. The highest BCUT2D eigenvalue weighted by molar-refractivity contribution is 7.09. The van der Waals surface area contributed by atoms with Crippen LogP contribution >= 0.6 is 11.3 Å². The molecule has 0 bridgehead atoms. The summed E-state index contributed by atoms with van der Waals surface area (Å²) in [5, 5.41) is 6.33. The Morgan fingerprint density at radius 2 is 2.20 bits per heavy atom. The monoisotopic (exact) mass is 296 g/mol. The number of nitrogens with two attached hydrogens (primary N) is 1. The van der Waals surface area contributed by atoms with Crippen LogP contribution in [0, 0.1) is 0 Å². The summed E-state index contributed by atoms with van der Waals surface area (Å²) in [6.07, 6.45) is 7.66. The first-order valence-corrected chi connectivity index (χ1v) is 8.14. The molecule has 0 amide bonds. The fraction of sp³-hybridized carbons (Fsp3) is 0.714. The average Bonchev–Trinajstić information content (AvgIpc) is 2.72. The molecular weight excluding hydrogens is 272 g/mol. The van der Waals surface area contributed by atoms with Crippen LogP contribution < -0.4 is 11.1 Å². The fourth-order valence-corrected chi connectivity index (χ4v) is 3.21. The number of rotatable bonds is 5. The molecule has 6 heteroatoms. The first-order chi connectivity index (χ1) is 9.78. The van der Waals surface area contributed by atoms with Crippen LogP contribution in [0.3, 0.4) is 0 Å². The summed E-state index contributed by atoms with van der Waals surface area (Å²) < 4.78 is 5.05. The van der Waals surface area contributed by atoms with Crippen molar-refractivity contribution in [1.82, 2.24) is 10.3 Å². The van der Waals surface area contributed by atoms with E-state index in [1.165, 1.54) is 38.5 Å². The standard InChI is InChI=1S/C14H24N4OS/c1-19-9-13-17-12(10-20-13)8-16-14(15)18-11-6-4-2-3-5-7-11/h10-11H,2-9H2,1H3,(H3,15,16,18). The molecule has 0 radical (unpaired) electrons. The van der Waals surface area contributed by atoms with Crippen LogP contribution in [0.15, 0.2) is 10.4 Å². The topological polar surface area (TPSA) is 72.5 Å². The molecule has 0 saturated heterocycles. The zero-order valence-corrected chi connectivity index (χ0v) is 12.9. The van der Waals surface area contributed by atoms with Gasteiger partial charge in [-0.15, -0.1) is 11.3 Å². The van der Waals surface area contributed by atoms with Crippen molar-refractivity contribution in [3.05, 3.63) is 16.1 Å². The zero-order chi connectivity index (χ0) is 14.2. The summed E-state index contributed by atoms with van der Waals surface area (Å²) >= 11 is 1.60. The summed E-state index contributed by atoms with van der Waals surface area (Å²) in [5.74, 6) is 0.540. The van der Waals surface area contributed by atoms with Crippen LogP contribution in [0.1, 0.15) is 49.2 Å². The minimum Gasteiger partial charge on any atom is -0.378 e. The second-order valence-electron chi connectivity index (χ2n) is 5.20. The number of aromatic nitrogens is 1. The predicted octanol–water partition coefficient (Wildman–Crippen LogP) is 2.42. The Morgan fingerprint density at radius 1 is 1.45 bits per heavy atom. The SMILES string of the molecule is COCc1nc(CN=C(N)NC2CCCCCC2)cs1. The highest BCUT2D eigenvalue weighted by Gasteiger charge is 2.12. The molecule has 20 heavy (non-hydrogen) atoms. The van der Waals surface area contributed by atoms with Crippen molar-refractivity contribution in [3.63, 3.8) is 0 Å². The molecule has 1 aromatic rings. The molecule has 0 atom stereocenters. The van der Waals surface area contributed by atoms with E-state index in [0.717, 1.165) is 10.7 Å². The van der Waals surface area contributed by atoms with Crippen LogP contribution in [0.2, 0.25) is 0 Å². The van der Waals surface area contributed by atoms with Crippen molar-refractivity contribution in [1.29, 1.82) is 0 Å². The summed E-state index contributed by atoms with van der Waals surface area (Å²) in [7, 11) is 1.67. The largest absolute Gasteiger partial charge is 0.378 e. The van der Waals surface area contributed by atoms with E-state index in [-0.39, 0.29) is 0 Å². The van der Waals surface area contributed by atoms with Crippen LogP contribution in [-0.4, -0.2) is 24.1 Å². The lowest BCUT2D eigenvalue weighted by Crippen LogP contribution is -2.39. The van der Waals surface area contributed by atoms with Gasteiger partial charge < -0.3 is 15.8 Å². The molecule has 1 aliphatic rings. The molecule has 1 saturated carbocycles. The number of nitrogens with one attached hydrogen (secondary N) is 1. The van der Waals surface area contributed by atoms with Gasteiger partial charge in [-0.2, -0.15) is 0 Å². The van der Waals surface area contributed by atoms with Crippen molar-refractivity contribution >= 4 is 17.3 Å². The van der Waals surface area contributed by atoms with Crippen molar-refractivity contribution in [2.24, 2.45) is 10.7 Å². The van der Waals surface area contributed by atoms with E-state index in [9.17, 15) is 0 Å². The van der Waals surface area contributed by atoms with Crippen molar-refractivity contribution < 1.29 is 4.74 Å². The van der Waals surface area contributed by atoms with Crippen molar-refractivity contribution in [2.45, 2.75) is 57.7 Å². The zero-order valence-electron chi connectivity index (χ0n) is 12.1. The van der Waals surface area contributed by atoms with Gasteiger partial charge in [0.25, 0.3) is 0 Å². The van der Waals surface area contributed by atoms with Crippen molar-refractivity contribution in [2.75, 3.05) is 7.11 Å². The molecule has 5 nitrogen and oxygen atoms in total. The van der Waals surface area contributed by atoms with E-state index >= 15 is 0 Å². The van der Waals surface area contributed by atoms with E-state index in [2.05, 4.69) is 15.3 Å². The quantitative estimate of drug-likeness (QED) is 0.497. The molecule has 0 aromatic carbocycles. The number of thiazole rings is 1. The van der Waals surface area contributed by atoms with Crippen LogP contribution in [0.25, 0.3) is 0 Å². The fourth-order valence-electron chi connectivity index (χ4n) is 2.46. The van der Waals surface area contributed by atoms with Gasteiger partial charge in [-0.05, 0) is 12.8 Å². The van der Waals surface area contributed by atoms with E-state index in [0.29, 0.717) is 25.2 Å². The second-order valence-corrected chi connectivity index (χ2v) is 6.14. The predicted molar refractivity (Wildman–Crippen MR) is 82.8 cm³/mol. The minimum atomic E-state index is 0.487. The summed E-state index contributed by atoms with van der Waals surface area (Å²) in [6, 6.07) is 0.487. The average molecular weight is 296 g/mol. The normalized spacial score (nSPS) is 17.9. The van der Waals surface area contributed by atoms with E-state index in [1.807, 2.05) is 5.38 Å². The number of hydrogen-bond donors (Lipinski definition) is 2. The number of methoxy groups -OCH3 is 1. The summed E-state index contributed by atoms with van der Waals surface area (Å²) in [6.45, 7) is 1.09. The lowest BCUT2D eigenvalue weighted by molar-refractivity contribution is 0.184. The molecule has 0 spiro atoms. The number of aliphatic imine (C=N–C) groups is 1. The number of ether oxygens (including phenoxy) is 1. The van der Waals surface area contributed by atoms with Crippen LogP contribution in [0.5, 0.6) is 0 Å². The molecular formula is C14H24N4OS. The highest BCUT2D eigenvalue weighted by atomic mass is 32.1. The maximum Gasteiger partial charge on any atom is 0.189 e. The van der Waals surface area contributed by atoms with E-state index in [4.69, 9.17) is 10.5 Å². The van der Waals surface area contributed by atoms with Gasteiger partial charge >= 0.3 is 0 Å². The Morgan fingerprint density at radius 3 is 2.90 bits per heavy atom. The molecule has 1 aliphatic carbocycles. The van der Waals surface area contributed by atoms with Crippen molar-refractivity contribution in [3.8, 4) is 0 Å². The Balaban J connectivity index is 1.79. The van der Waals surface area contributed by atoms with Gasteiger partial charge in [-0.25, -0.2) is 9.98 Å².